The van der Waals surface area contributed by atoms with Gasteiger partial charge in [-0.15, -0.1) is 0 Å². The second-order valence-corrected chi connectivity index (χ2v) is 13.7. The van der Waals surface area contributed by atoms with Gasteiger partial charge in [-0.3, -0.25) is 4.57 Å². The molecular formula is C49H31N5. The molecule has 11 aromatic rings. The highest BCUT2D eigenvalue weighted by molar-refractivity contribution is 6.33. The zero-order chi connectivity index (χ0) is 35.6. The molecule has 0 aliphatic rings. The molecule has 0 fully saturated rings. The molecule has 0 radical (unpaired) electrons. The molecule has 3 aromatic heterocycles. The summed E-state index contributed by atoms with van der Waals surface area (Å²) in [5.41, 5.74) is 9.76. The zero-order valence-corrected chi connectivity index (χ0v) is 29.1. The molecular weight excluding hydrogens is 659 g/mol. The Morgan fingerprint density at radius 3 is 1.54 bits per heavy atom. The lowest BCUT2D eigenvalue weighted by molar-refractivity contribution is 0.954. The molecule has 3 heterocycles. The van der Waals surface area contributed by atoms with Gasteiger partial charge in [0.2, 0.25) is 5.95 Å². The number of para-hydroxylation sites is 1. The third kappa shape index (κ3) is 4.69. The fourth-order valence-electron chi connectivity index (χ4n) is 8.17. The highest BCUT2D eigenvalue weighted by Crippen LogP contribution is 2.44. The highest BCUT2D eigenvalue weighted by Gasteiger charge is 2.24. The number of rotatable bonds is 5. The predicted molar refractivity (Wildman–Crippen MR) is 222 cm³/mol. The summed E-state index contributed by atoms with van der Waals surface area (Å²) in [6, 6.07) is 66.2. The van der Waals surface area contributed by atoms with Crippen LogP contribution in [0, 0.1) is 0 Å². The first-order chi connectivity index (χ1) is 26.8. The predicted octanol–water partition coefficient (Wildman–Crippen LogP) is 12.2. The third-order valence-electron chi connectivity index (χ3n) is 10.6. The molecule has 0 atom stereocenters. The number of hydrogen-bond donors (Lipinski definition) is 0. The van der Waals surface area contributed by atoms with Crippen molar-refractivity contribution < 1.29 is 0 Å². The molecule has 0 unspecified atom stereocenters. The second kappa shape index (κ2) is 12.1. The van der Waals surface area contributed by atoms with Crippen molar-refractivity contribution in [1.82, 2.24) is 24.1 Å². The monoisotopic (exact) mass is 689 g/mol. The van der Waals surface area contributed by atoms with Gasteiger partial charge in [0.25, 0.3) is 0 Å². The van der Waals surface area contributed by atoms with Crippen molar-refractivity contribution in [2.75, 3.05) is 0 Å². The highest BCUT2D eigenvalue weighted by atomic mass is 15.2. The molecule has 0 N–H and O–H groups in total. The van der Waals surface area contributed by atoms with Crippen molar-refractivity contribution in [2.45, 2.75) is 0 Å². The maximum atomic E-state index is 5.22. The first-order valence-corrected chi connectivity index (χ1v) is 18.2. The quantitative estimate of drug-likeness (QED) is 0.181. The van der Waals surface area contributed by atoms with Crippen molar-refractivity contribution >= 4 is 54.4 Å². The Labute approximate surface area is 311 Å². The Bertz CT molecular complexity index is 3140. The van der Waals surface area contributed by atoms with Crippen molar-refractivity contribution in [3.8, 4) is 45.5 Å². The van der Waals surface area contributed by atoms with Crippen LogP contribution in [0.1, 0.15) is 0 Å². The van der Waals surface area contributed by atoms with Crippen LogP contribution in [0.2, 0.25) is 0 Å². The SMILES string of the molecule is c1ccc(-c2cccc(-n3c4ccccc4c4c5c6c7ccccc7ccc6n(-c6nc(-c7ccccc7)nc(-c7ccccc7)n6)c5ccc43)c2)cc1. The van der Waals surface area contributed by atoms with Crippen LogP contribution in [0.5, 0.6) is 0 Å². The molecule has 0 spiro atoms. The molecule has 0 aliphatic heterocycles. The number of hydrogen-bond acceptors (Lipinski definition) is 3. The summed E-state index contributed by atoms with van der Waals surface area (Å²) >= 11 is 0. The van der Waals surface area contributed by atoms with Gasteiger partial charge in [0.1, 0.15) is 0 Å². The zero-order valence-electron chi connectivity index (χ0n) is 29.1. The Morgan fingerprint density at radius 2 is 0.833 bits per heavy atom. The topological polar surface area (TPSA) is 48.5 Å². The molecule has 0 bridgehead atoms. The summed E-state index contributed by atoms with van der Waals surface area (Å²) in [7, 11) is 0. The van der Waals surface area contributed by atoms with Gasteiger partial charge in [-0.05, 0) is 58.3 Å². The Hall–Kier alpha value is -7.37. The second-order valence-electron chi connectivity index (χ2n) is 13.7. The van der Waals surface area contributed by atoms with Gasteiger partial charge < -0.3 is 4.57 Å². The van der Waals surface area contributed by atoms with Gasteiger partial charge in [-0.1, -0.05) is 152 Å². The van der Waals surface area contributed by atoms with E-state index in [0.29, 0.717) is 17.6 Å². The van der Waals surface area contributed by atoms with E-state index in [0.717, 1.165) is 38.9 Å². The van der Waals surface area contributed by atoms with Crippen LogP contribution in [0.25, 0.3) is 99.9 Å². The molecule has 252 valence electrons. The van der Waals surface area contributed by atoms with Gasteiger partial charge >= 0.3 is 0 Å². The van der Waals surface area contributed by atoms with Crippen molar-refractivity contribution in [3.05, 3.63) is 188 Å². The molecule has 0 amide bonds. The van der Waals surface area contributed by atoms with Crippen LogP contribution in [0.15, 0.2) is 188 Å². The smallest absolute Gasteiger partial charge is 0.238 e. The van der Waals surface area contributed by atoms with Gasteiger partial charge in [0, 0.05) is 38.4 Å². The lowest BCUT2D eigenvalue weighted by atomic mass is 10.0. The largest absolute Gasteiger partial charge is 0.309 e. The number of aromatic nitrogens is 5. The van der Waals surface area contributed by atoms with E-state index in [9.17, 15) is 0 Å². The van der Waals surface area contributed by atoms with E-state index in [1.165, 1.54) is 43.4 Å². The molecule has 0 saturated heterocycles. The summed E-state index contributed by atoms with van der Waals surface area (Å²) in [6.45, 7) is 0. The Kier molecular flexibility index (Phi) is 6.79. The van der Waals surface area contributed by atoms with Crippen molar-refractivity contribution in [1.29, 1.82) is 0 Å². The molecule has 54 heavy (non-hydrogen) atoms. The summed E-state index contributed by atoms with van der Waals surface area (Å²) < 4.78 is 4.65. The lowest BCUT2D eigenvalue weighted by Gasteiger charge is -2.11. The summed E-state index contributed by atoms with van der Waals surface area (Å²) in [6.07, 6.45) is 0. The molecule has 11 rings (SSSR count). The van der Waals surface area contributed by atoms with Crippen LogP contribution >= 0.6 is 0 Å². The van der Waals surface area contributed by atoms with Crippen LogP contribution in [-0.4, -0.2) is 24.1 Å². The minimum atomic E-state index is 0.580. The summed E-state index contributed by atoms with van der Waals surface area (Å²) in [5, 5.41) is 7.13. The maximum Gasteiger partial charge on any atom is 0.238 e. The van der Waals surface area contributed by atoms with E-state index in [1.807, 2.05) is 36.4 Å². The van der Waals surface area contributed by atoms with E-state index in [4.69, 9.17) is 15.0 Å². The number of benzene rings is 8. The minimum absolute atomic E-state index is 0.580. The average molecular weight is 690 g/mol. The third-order valence-corrected chi connectivity index (χ3v) is 10.6. The maximum absolute atomic E-state index is 5.22. The first kappa shape index (κ1) is 30.3. The van der Waals surface area contributed by atoms with Crippen LogP contribution in [-0.2, 0) is 0 Å². The average Bonchev–Trinajstić information content (AvgIpc) is 3.78. The van der Waals surface area contributed by atoms with Crippen LogP contribution in [0.4, 0.5) is 0 Å². The van der Waals surface area contributed by atoms with Crippen molar-refractivity contribution in [3.63, 3.8) is 0 Å². The van der Waals surface area contributed by atoms with Gasteiger partial charge in [0.15, 0.2) is 11.6 Å². The van der Waals surface area contributed by atoms with E-state index < -0.39 is 0 Å². The van der Waals surface area contributed by atoms with Gasteiger partial charge in [0.05, 0.1) is 22.1 Å². The molecule has 8 aromatic carbocycles. The molecule has 5 nitrogen and oxygen atoms in total. The van der Waals surface area contributed by atoms with Crippen LogP contribution < -0.4 is 0 Å². The van der Waals surface area contributed by atoms with Crippen molar-refractivity contribution in [2.24, 2.45) is 0 Å². The standard InChI is InChI=1S/C49H31N5/c1-4-15-32(16-5-1)36-22-14-23-37(31-36)53-40-26-13-12-25-39(40)45-41(53)29-30-43-46(45)44-38-24-11-10-17-33(38)27-28-42(44)54(43)49-51-47(34-18-6-2-7-19-34)50-48(52-49)35-20-8-3-9-21-35/h1-31H. The molecule has 0 saturated carbocycles. The van der Waals surface area contributed by atoms with E-state index >= 15 is 0 Å². The molecule has 5 heteroatoms. The van der Waals surface area contributed by atoms with Gasteiger partial charge in [-0.2, -0.15) is 9.97 Å². The number of nitrogens with zero attached hydrogens (tertiary/aromatic N) is 5. The Balaban J connectivity index is 1.27. The van der Waals surface area contributed by atoms with E-state index in [-0.39, 0.29) is 0 Å². The fourth-order valence-corrected chi connectivity index (χ4v) is 8.17. The Morgan fingerprint density at radius 1 is 0.315 bits per heavy atom. The van der Waals surface area contributed by atoms with E-state index in [1.54, 1.807) is 0 Å². The van der Waals surface area contributed by atoms with Gasteiger partial charge in [-0.25, -0.2) is 4.98 Å². The fraction of sp³-hybridized carbons (Fsp3) is 0. The summed E-state index contributed by atoms with van der Waals surface area (Å²) in [4.78, 5) is 15.5. The van der Waals surface area contributed by atoms with E-state index in [2.05, 4.69) is 161 Å². The first-order valence-electron chi connectivity index (χ1n) is 18.2. The summed E-state index contributed by atoms with van der Waals surface area (Å²) in [5.74, 6) is 1.84. The normalized spacial score (nSPS) is 11.7. The number of fused-ring (bicyclic) bond motifs is 9. The minimum Gasteiger partial charge on any atom is -0.309 e. The molecule has 0 aliphatic carbocycles. The lowest BCUT2D eigenvalue weighted by Crippen LogP contribution is -2.06. The van der Waals surface area contributed by atoms with Crippen LogP contribution in [0.3, 0.4) is 0 Å².